The monoisotopic (exact) mass is 439 g/mol. The fraction of sp³-hybridized carbons (Fsp3) is 0.208. The summed E-state index contributed by atoms with van der Waals surface area (Å²) in [5.41, 5.74) is 2.66. The molecule has 0 heterocycles. The van der Waals surface area contributed by atoms with Gasteiger partial charge in [-0.05, 0) is 48.7 Å². The minimum Gasteiger partial charge on any atom is -0.489 e. The number of aryl methyl sites for hydroxylation is 1. The second-order valence-electron chi connectivity index (χ2n) is 7.31. The van der Waals surface area contributed by atoms with Gasteiger partial charge < -0.3 is 9.84 Å². The first-order valence-corrected chi connectivity index (χ1v) is 11.2. The lowest BCUT2D eigenvalue weighted by Crippen LogP contribution is -2.43. The number of benzene rings is 3. The van der Waals surface area contributed by atoms with Crippen LogP contribution in [-0.2, 0) is 27.8 Å². The summed E-state index contributed by atoms with van der Waals surface area (Å²) in [6.45, 7) is 2.28. The fourth-order valence-corrected chi connectivity index (χ4v) is 4.41. The number of sulfonamides is 1. The Bertz CT molecular complexity index is 1110. The van der Waals surface area contributed by atoms with Crippen LogP contribution in [0.25, 0.3) is 0 Å². The van der Waals surface area contributed by atoms with Crippen molar-refractivity contribution in [3.8, 4) is 5.75 Å². The van der Waals surface area contributed by atoms with Crippen molar-refractivity contribution in [2.24, 2.45) is 0 Å². The van der Waals surface area contributed by atoms with E-state index >= 15 is 0 Å². The van der Waals surface area contributed by atoms with Gasteiger partial charge in [0.2, 0.25) is 10.0 Å². The molecule has 0 spiro atoms. The summed E-state index contributed by atoms with van der Waals surface area (Å²) in [5.74, 6) is -0.553. The van der Waals surface area contributed by atoms with Crippen LogP contribution in [0.1, 0.15) is 16.7 Å². The van der Waals surface area contributed by atoms with Gasteiger partial charge in [0.25, 0.3) is 0 Å². The Labute approximate surface area is 182 Å². The fourth-order valence-electron chi connectivity index (χ4n) is 3.10. The summed E-state index contributed by atoms with van der Waals surface area (Å²) < 4.78 is 32.5. The molecule has 6 nitrogen and oxygen atoms in total. The van der Waals surface area contributed by atoms with Gasteiger partial charge in [0, 0.05) is 7.05 Å². The van der Waals surface area contributed by atoms with Gasteiger partial charge in [0.15, 0.2) is 0 Å². The molecule has 7 heteroatoms. The molecule has 0 aliphatic rings. The highest BCUT2D eigenvalue weighted by molar-refractivity contribution is 7.89. The summed E-state index contributed by atoms with van der Waals surface area (Å²) >= 11 is 0. The van der Waals surface area contributed by atoms with Gasteiger partial charge in [0.05, 0.1) is 4.90 Å². The van der Waals surface area contributed by atoms with E-state index in [1.165, 1.54) is 19.2 Å². The van der Waals surface area contributed by atoms with Crippen molar-refractivity contribution in [1.82, 2.24) is 4.31 Å². The second kappa shape index (κ2) is 9.76. The zero-order chi connectivity index (χ0) is 22.4. The van der Waals surface area contributed by atoms with Crippen LogP contribution in [0.5, 0.6) is 5.75 Å². The van der Waals surface area contributed by atoms with Crippen molar-refractivity contribution in [2.75, 3.05) is 7.05 Å². The van der Waals surface area contributed by atoms with Crippen LogP contribution in [0, 0.1) is 6.92 Å². The average molecular weight is 440 g/mol. The van der Waals surface area contributed by atoms with Gasteiger partial charge in [0.1, 0.15) is 18.4 Å². The van der Waals surface area contributed by atoms with E-state index < -0.39 is 22.0 Å². The third kappa shape index (κ3) is 5.71. The van der Waals surface area contributed by atoms with Gasteiger partial charge in [-0.3, -0.25) is 4.79 Å². The molecule has 0 amide bonds. The number of carboxylic acid groups (broad SMARTS) is 1. The van der Waals surface area contributed by atoms with Crippen LogP contribution in [0.3, 0.4) is 0 Å². The molecule has 1 N–H and O–H groups in total. The summed E-state index contributed by atoms with van der Waals surface area (Å²) in [6.07, 6.45) is 0.0376. The van der Waals surface area contributed by atoms with E-state index in [0.29, 0.717) is 17.9 Å². The third-order valence-corrected chi connectivity index (χ3v) is 6.90. The van der Waals surface area contributed by atoms with E-state index in [1.54, 1.807) is 36.4 Å². The van der Waals surface area contributed by atoms with Gasteiger partial charge in [-0.1, -0.05) is 60.2 Å². The van der Waals surface area contributed by atoms with Crippen LogP contribution < -0.4 is 4.74 Å². The van der Waals surface area contributed by atoms with Crippen molar-refractivity contribution in [3.05, 3.63) is 95.6 Å². The predicted octanol–water partition coefficient (Wildman–Crippen LogP) is 3.89. The molecule has 1 atom stereocenters. The molecule has 0 aliphatic carbocycles. The lowest BCUT2D eigenvalue weighted by Gasteiger charge is -2.24. The first-order chi connectivity index (χ1) is 14.8. The molecular formula is C24H25NO5S. The minimum absolute atomic E-state index is 0.0376. The lowest BCUT2D eigenvalue weighted by atomic mass is 10.1. The minimum atomic E-state index is -3.94. The maximum absolute atomic E-state index is 12.9. The normalized spacial score (nSPS) is 12.5. The molecule has 3 rings (SSSR count). The van der Waals surface area contributed by atoms with Crippen LogP contribution in [0.2, 0.25) is 0 Å². The Morgan fingerprint density at radius 1 is 0.935 bits per heavy atom. The first-order valence-electron chi connectivity index (χ1n) is 9.80. The summed E-state index contributed by atoms with van der Waals surface area (Å²) in [7, 11) is -2.64. The zero-order valence-corrected chi connectivity index (χ0v) is 18.2. The molecule has 0 saturated carbocycles. The Kier molecular flexibility index (Phi) is 7.09. The van der Waals surface area contributed by atoms with E-state index in [4.69, 9.17) is 4.74 Å². The Morgan fingerprint density at radius 3 is 2.13 bits per heavy atom. The van der Waals surface area contributed by atoms with Gasteiger partial charge in [-0.25, -0.2) is 8.42 Å². The molecule has 0 radical (unpaired) electrons. The van der Waals surface area contributed by atoms with Crippen molar-refractivity contribution in [3.63, 3.8) is 0 Å². The van der Waals surface area contributed by atoms with Crippen molar-refractivity contribution >= 4 is 16.0 Å². The molecule has 0 unspecified atom stereocenters. The van der Waals surface area contributed by atoms with E-state index in [0.717, 1.165) is 15.4 Å². The summed E-state index contributed by atoms with van der Waals surface area (Å²) in [5, 5.41) is 9.69. The highest BCUT2D eigenvalue weighted by atomic mass is 32.2. The molecule has 0 fully saturated rings. The lowest BCUT2D eigenvalue weighted by molar-refractivity contribution is -0.141. The summed E-state index contributed by atoms with van der Waals surface area (Å²) in [4.78, 5) is 11.9. The topological polar surface area (TPSA) is 83.9 Å². The molecule has 3 aromatic carbocycles. The molecule has 31 heavy (non-hydrogen) atoms. The molecule has 162 valence electrons. The van der Waals surface area contributed by atoms with Crippen LogP contribution >= 0.6 is 0 Å². The van der Waals surface area contributed by atoms with Crippen molar-refractivity contribution < 1.29 is 23.1 Å². The Morgan fingerprint density at radius 2 is 1.55 bits per heavy atom. The van der Waals surface area contributed by atoms with Crippen LogP contribution in [-0.4, -0.2) is 36.9 Å². The Hall–Kier alpha value is -3.16. The van der Waals surface area contributed by atoms with Gasteiger partial charge in [-0.2, -0.15) is 4.31 Å². The van der Waals surface area contributed by atoms with E-state index in [2.05, 4.69) is 0 Å². The van der Waals surface area contributed by atoms with E-state index in [-0.39, 0.29) is 11.3 Å². The zero-order valence-electron chi connectivity index (χ0n) is 17.4. The number of carboxylic acids is 1. The van der Waals surface area contributed by atoms with Crippen molar-refractivity contribution in [2.45, 2.75) is 30.9 Å². The number of ether oxygens (including phenoxy) is 1. The van der Waals surface area contributed by atoms with E-state index in [1.807, 2.05) is 37.3 Å². The number of nitrogens with zero attached hydrogens (tertiary/aromatic N) is 1. The first kappa shape index (κ1) is 22.5. The maximum Gasteiger partial charge on any atom is 0.322 e. The maximum atomic E-state index is 12.9. The number of likely N-dealkylation sites (N-methyl/N-ethyl adjacent to an activating group) is 1. The second-order valence-corrected chi connectivity index (χ2v) is 9.31. The Balaban J connectivity index is 1.70. The molecule has 3 aromatic rings. The highest BCUT2D eigenvalue weighted by Crippen LogP contribution is 2.21. The largest absolute Gasteiger partial charge is 0.489 e. The van der Waals surface area contributed by atoms with Gasteiger partial charge in [-0.15, -0.1) is 0 Å². The molecule has 0 aromatic heterocycles. The number of rotatable bonds is 9. The summed E-state index contributed by atoms with van der Waals surface area (Å²) in [6, 6.07) is 21.9. The number of hydrogen-bond donors (Lipinski definition) is 1. The SMILES string of the molecule is Cc1ccc(S(=O)(=O)N(C)[C@@H](Cc2ccc(OCc3ccccc3)cc2)C(=O)O)cc1. The predicted molar refractivity (Wildman–Crippen MR) is 118 cm³/mol. The standard InChI is InChI=1S/C24H25NO5S/c1-18-8-14-22(15-9-18)31(28,29)25(2)23(24(26)27)16-19-10-12-21(13-11-19)30-17-20-6-4-3-5-7-20/h3-15,23H,16-17H2,1-2H3,(H,26,27)/t23-/m0/s1. The van der Waals surface area contributed by atoms with Crippen LogP contribution in [0.15, 0.2) is 83.8 Å². The average Bonchev–Trinajstić information content (AvgIpc) is 2.77. The van der Waals surface area contributed by atoms with Gasteiger partial charge >= 0.3 is 5.97 Å². The highest BCUT2D eigenvalue weighted by Gasteiger charge is 2.32. The molecule has 0 saturated heterocycles. The molecule has 0 aliphatic heterocycles. The van der Waals surface area contributed by atoms with Crippen molar-refractivity contribution in [1.29, 1.82) is 0 Å². The van der Waals surface area contributed by atoms with Crippen LogP contribution in [0.4, 0.5) is 0 Å². The number of aliphatic carboxylic acids is 1. The number of carbonyl (C=O) groups is 1. The molecular weight excluding hydrogens is 414 g/mol. The quantitative estimate of drug-likeness (QED) is 0.547. The number of hydrogen-bond acceptors (Lipinski definition) is 4. The van der Waals surface area contributed by atoms with E-state index in [9.17, 15) is 18.3 Å². The smallest absolute Gasteiger partial charge is 0.322 e. The molecule has 0 bridgehead atoms. The third-order valence-electron chi connectivity index (χ3n) is 5.02.